The first-order valence-corrected chi connectivity index (χ1v) is 9.56. The summed E-state index contributed by atoms with van der Waals surface area (Å²) in [7, 11) is 0. The molecule has 0 atom stereocenters. The largest absolute Gasteiger partial charge is 0.0885 e. The highest BCUT2D eigenvalue weighted by Gasteiger charge is 1.91. The van der Waals surface area contributed by atoms with Crippen LogP contribution < -0.4 is 0 Å². The van der Waals surface area contributed by atoms with E-state index in [-0.39, 0.29) is 0 Å². The lowest BCUT2D eigenvalue weighted by atomic mass is 10.1. The van der Waals surface area contributed by atoms with Crippen LogP contribution in [0.3, 0.4) is 0 Å². The van der Waals surface area contributed by atoms with Crippen molar-refractivity contribution in [1.82, 2.24) is 0 Å². The summed E-state index contributed by atoms with van der Waals surface area (Å²) in [5.41, 5.74) is 0. The fraction of sp³-hybridized carbons (Fsp3) is 0.778. The van der Waals surface area contributed by atoms with Gasteiger partial charge in [0.05, 0.1) is 0 Å². The van der Waals surface area contributed by atoms with E-state index >= 15 is 0 Å². The molecule has 0 spiro atoms. The summed E-state index contributed by atoms with van der Waals surface area (Å²) in [5, 5.41) is 0. The van der Waals surface area contributed by atoms with Crippen molar-refractivity contribution in [3.8, 4) is 0 Å². The molecule has 0 heterocycles. The van der Waals surface area contributed by atoms with Gasteiger partial charge in [0, 0.05) is 0 Å². The molecule has 0 amide bonds. The van der Waals surface area contributed by atoms with Crippen LogP contribution in [0.2, 0.25) is 0 Å². The highest BCUT2D eigenvalue weighted by molar-refractivity contribution is 14.1. The van der Waals surface area contributed by atoms with Gasteiger partial charge in [-0.2, -0.15) is 0 Å². The van der Waals surface area contributed by atoms with Crippen LogP contribution in [0, 0.1) is 0 Å². The Morgan fingerprint density at radius 2 is 1.05 bits per heavy atom. The van der Waals surface area contributed by atoms with E-state index in [9.17, 15) is 0 Å². The summed E-state index contributed by atoms with van der Waals surface area (Å²) in [5.74, 6) is 0. The van der Waals surface area contributed by atoms with Gasteiger partial charge in [0.25, 0.3) is 0 Å². The van der Waals surface area contributed by atoms with Gasteiger partial charge in [0.15, 0.2) is 0 Å². The Morgan fingerprint density at radius 1 is 0.579 bits per heavy atom. The minimum atomic E-state index is 1.19. The maximum absolute atomic E-state index is 2.37. The van der Waals surface area contributed by atoms with E-state index in [2.05, 4.69) is 51.8 Å². The lowest BCUT2D eigenvalue weighted by Crippen LogP contribution is -1.81. The van der Waals surface area contributed by atoms with E-state index in [1.807, 2.05) is 0 Å². The van der Waals surface area contributed by atoms with Gasteiger partial charge in [-0.05, 0) is 29.8 Å². The van der Waals surface area contributed by atoms with Crippen molar-refractivity contribution >= 4 is 22.6 Å². The Morgan fingerprint density at radius 3 is 1.63 bits per heavy atom. The van der Waals surface area contributed by atoms with Crippen LogP contribution in [0.5, 0.6) is 0 Å². The molecule has 19 heavy (non-hydrogen) atoms. The average Bonchev–Trinajstić information content (AvgIpc) is 2.43. The smallest absolute Gasteiger partial charge is 0.0274 e. The number of allylic oxidation sites excluding steroid dienone is 3. The number of hydrogen-bond acceptors (Lipinski definition) is 0. The molecule has 0 saturated heterocycles. The van der Waals surface area contributed by atoms with Gasteiger partial charge in [-0.1, -0.05) is 106 Å². The third kappa shape index (κ3) is 18.2. The van der Waals surface area contributed by atoms with E-state index in [0.717, 1.165) is 0 Å². The summed E-state index contributed by atoms with van der Waals surface area (Å²) < 4.78 is 2.11. The zero-order chi connectivity index (χ0) is 14.0. The van der Waals surface area contributed by atoms with Gasteiger partial charge in [0.2, 0.25) is 0 Å². The van der Waals surface area contributed by atoms with Crippen molar-refractivity contribution in [3.63, 3.8) is 0 Å². The molecular formula is C18H33I. The summed E-state index contributed by atoms with van der Waals surface area (Å²) >= 11 is 2.28. The van der Waals surface area contributed by atoms with Gasteiger partial charge in [0.1, 0.15) is 0 Å². The predicted molar refractivity (Wildman–Crippen MR) is 98.0 cm³/mol. The average molecular weight is 376 g/mol. The fourth-order valence-corrected chi connectivity index (χ4v) is 2.60. The zero-order valence-electron chi connectivity index (χ0n) is 12.9. The first-order valence-electron chi connectivity index (χ1n) is 8.32. The van der Waals surface area contributed by atoms with Gasteiger partial charge >= 0.3 is 0 Å². The van der Waals surface area contributed by atoms with E-state index in [1.165, 1.54) is 83.5 Å². The molecule has 112 valence electrons. The summed E-state index contributed by atoms with van der Waals surface area (Å²) in [6.07, 6.45) is 24.9. The Bertz CT molecular complexity index is 206. The molecule has 0 aliphatic rings. The molecule has 1 heteroatoms. The lowest BCUT2D eigenvalue weighted by molar-refractivity contribution is 0.557. The quantitative estimate of drug-likeness (QED) is 0.166. The standard InChI is InChI=1S/C18H33I/c1-2-3-4-5-6-7-8-9-10-11-12-13-14-15-16-17-18-19/h13-14,17-18H,2-12,15-16H2,1H3/b14-13-,18-17-. The van der Waals surface area contributed by atoms with Crippen molar-refractivity contribution in [2.24, 2.45) is 0 Å². The molecule has 0 unspecified atom stereocenters. The molecule has 0 saturated carbocycles. The van der Waals surface area contributed by atoms with Gasteiger partial charge in [-0.3, -0.25) is 0 Å². The van der Waals surface area contributed by atoms with E-state index in [0.29, 0.717) is 0 Å². The van der Waals surface area contributed by atoms with Crippen molar-refractivity contribution in [3.05, 3.63) is 22.3 Å². The molecule has 0 aromatic carbocycles. The van der Waals surface area contributed by atoms with Crippen LogP contribution in [0.4, 0.5) is 0 Å². The lowest BCUT2D eigenvalue weighted by Gasteiger charge is -2.01. The van der Waals surface area contributed by atoms with Crippen LogP contribution in [0.25, 0.3) is 0 Å². The van der Waals surface area contributed by atoms with Gasteiger partial charge in [-0.25, -0.2) is 0 Å². The van der Waals surface area contributed by atoms with Gasteiger partial charge in [-0.15, -0.1) is 0 Å². The molecule has 0 radical (unpaired) electrons. The highest BCUT2D eigenvalue weighted by atomic mass is 127. The molecule has 0 nitrogen and oxygen atoms in total. The van der Waals surface area contributed by atoms with Crippen molar-refractivity contribution in [2.45, 2.75) is 90.4 Å². The topological polar surface area (TPSA) is 0 Å². The van der Waals surface area contributed by atoms with Gasteiger partial charge < -0.3 is 0 Å². The Kier molecular flexibility index (Phi) is 18.4. The van der Waals surface area contributed by atoms with E-state index < -0.39 is 0 Å². The van der Waals surface area contributed by atoms with E-state index in [4.69, 9.17) is 0 Å². The molecule has 0 rings (SSSR count). The zero-order valence-corrected chi connectivity index (χ0v) is 15.0. The van der Waals surface area contributed by atoms with Crippen LogP contribution in [-0.2, 0) is 0 Å². The first kappa shape index (κ1) is 19.2. The second-order valence-corrected chi connectivity index (χ2v) is 6.10. The Labute approximate surface area is 135 Å². The Hall–Kier alpha value is 0.210. The maximum atomic E-state index is 2.37. The third-order valence-corrected chi connectivity index (χ3v) is 3.99. The number of hydrogen-bond donors (Lipinski definition) is 0. The second kappa shape index (κ2) is 18.2. The number of halogens is 1. The monoisotopic (exact) mass is 376 g/mol. The molecule has 0 aliphatic heterocycles. The van der Waals surface area contributed by atoms with Crippen molar-refractivity contribution in [1.29, 1.82) is 0 Å². The van der Waals surface area contributed by atoms with Crippen molar-refractivity contribution < 1.29 is 0 Å². The summed E-state index contributed by atoms with van der Waals surface area (Å²) in [4.78, 5) is 0. The van der Waals surface area contributed by atoms with E-state index in [1.54, 1.807) is 0 Å². The molecule has 0 fully saturated rings. The van der Waals surface area contributed by atoms with Crippen LogP contribution in [0.1, 0.15) is 90.4 Å². The van der Waals surface area contributed by atoms with Crippen LogP contribution >= 0.6 is 22.6 Å². The number of rotatable bonds is 14. The van der Waals surface area contributed by atoms with Crippen LogP contribution in [-0.4, -0.2) is 0 Å². The third-order valence-electron chi connectivity index (χ3n) is 3.48. The molecule has 0 N–H and O–H groups in total. The normalized spacial score (nSPS) is 11.9. The summed E-state index contributed by atoms with van der Waals surface area (Å²) in [6, 6.07) is 0. The van der Waals surface area contributed by atoms with Crippen molar-refractivity contribution in [2.75, 3.05) is 0 Å². The highest BCUT2D eigenvalue weighted by Crippen LogP contribution is 2.11. The molecule has 0 aromatic rings. The molecular weight excluding hydrogens is 343 g/mol. The summed E-state index contributed by atoms with van der Waals surface area (Å²) in [6.45, 7) is 2.29. The molecule has 0 aliphatic carbocycles. The predicted octanol–water partition coefficient (Wildman–Crippen LogP) is 7.58. The second-order valence-electron chi connectivity index (χ2n) is 5.38. The first-order chi connectivity index (χ1) is 9.41. The minimum absolute atomic E-state index is 1.19. The maximum Gasteiger partial charge on any atom is -0.0274 e. The van der Waals surface area contributed by atoms with Crippen LogP contribution in [0.15, 0.2) is 22.3 Å². The molecule has 0 bridgehead atoms. The minimum Gasteiger partial charge on any atom is -0.0885 e. The fourth-order valence-electron chi connectivity index (χ4n) is 2.24. The number of unbranched alkanes of at least 4 members (excludes halogenated alkanes) is 11. The molecule has 0 aromatic heterocycles. The SMILES string of the molecule is CCCCCCCCCCCC/C=C\CC/C=C\I. The Balaban J connectivity index is 3.02.